The van der Waals surface area contributed by atoms with Crippen LogP contribution in [0.1, 0.15) is 26.7 Å². The lowest BCUT2D eigenvalue weighted by atomic mass is 10.1. The van der Waals surface area contributed by atoms with E-state index < -0.39 is 0 Å². The molecule has 0 saturated carbocycles. The van der Waals surface area contributed by atoms with Gasteiger partial charge in [0.1, 0.15) is 30.3 Å². The Morgan fingerprint density at radius 1 is 1.18 bits per heavy atom. The highest BCUT2D eigenvalue weighted by Crippen LogP contribution is 2.36. The van der Waals surface area contributed by atoms with Gasteiger partial charge in [0.25, 0.3) is 0 Å². The van der Waals surface area contributed by atoms with Crippen molar-refractivity contribution in [3.05, 3.63) is 29.8 Å². The number of rotatable bonds is 9. The number of nitrogens with one attached hydrogen (secondary N) is 1. The van der Waals surface area contributed by atoms with E-state index >= 15 is 0 Å². The summed E-state index contributed by atoms with van der Waals surface area (Å²) in [5.41, 5.74) is 0.652. The van der Waals surface area contributed by atoms with E-state index in [9.17, 15) is 5.11 Å². The van der Waals surface area contributed by atoms with Crippen LogP contribution < -0.4 is 19.5 Å². The molecule has 11 heteroatoms. The molecule has 182 valence electrons. The molecule has 1 fully saturated rings. The zero-order chi connectivity index (χ0) is 24.1. The van der Waals surface area contributed by atoms with Gasteiger partial charge in [0.2, 0.25) is 5.88 Å². The summed E-state index contributed by atoms with van der Waals surface area (Å²) in [6.07, 6.45) is 4.23. The van der Waals surface area contributed by atoms with Crippen molar-refractivity contribution in [2.24, 2.45) is 0 Å². The SMILES string of the molecule is COc1cnc(Cl)c(Nc2ncnc3cc(OCCN4CCC(O)CC4)cc(OC(C)C)c23)n1. The van der Waals surface area contributed by atoms with Gasteiger partial charge in [0.15, 0.2) is 11.0 Å². The lowest BCUT2D eigenvalue weighted by Gasteiger charge is -2.29. The van der Waals surface area contributed by atoms with Crippen molar-refractivity contribution in [1.82, 2.24) is 24.8 Å². The third kappa shape index (κ3) is 5.94. The number of halogens is 1. The van der Waals surface area contributed by atoms with Crippen LogP contribution in [0.5, 0.6) is 17.4 Å². The smallest absolute Gasteiger partial charge is 0.234 e. The van der Waals surface area contributed by atoms with Gasteiger partial charge in [-0.2, -0.15) is 4.98 Å². The quantitative estimate of drug-likeness (QED) is 0.464. The topological polar surface area (TPSA) is 115 Å². The van der Waals surface area contributed by atoms with Crippen molar-refractivity contribution >= 4 is 34.1 Å². The number of aliphatic hydroxyl groups excluding tert-OH is 1. The maximum absolute atomic E-state index is 9.68. The molecule has 2 N–H and O–H groups in total. The molecule has 2 aromatic heterocycles. The molecular formula is C23H29ClN6O4. The average Bonchev–Trinajstić information content (AvgIpc) is 2.81. The fraction of sp³-hybridized carbons (Fsp3) is 0.478. The largest absolute Gasteiger partial charge is 0.492 e. The van der Waals surface area contributed by atoms with Gasteiger partial charge in [-0.1, -0.05) is 11.6 Å². The molecule has 10 nitrogen and oxygen atoms in total. The summed E-state index contributed by atoms with van der Waals surface area (Å²) in [5.74, 6) is 2.34. The molecule has 3 heterocycles. The first-order valence-corrected chi connectivity index (χ1v) is 11.6. The van der Waals surface area contributed by atoms with Gasteiger partial charge in [-0.15, -0.1) is 0 Å². The molecule has 0 atom stereocenters. The van der Waals surface area contributed by atoms with Crippen LogP contribution in [0.4, 0.5) is 11.6 Å². The third-order valence-corrected chi connectivity index (χ3v) is 5.70. The van der Waals surface area contributed by atoms with E-state index in [2.05, 4.69) is 30.2 Å². The Hall–Kier alpha value is -2.95. The van der Waals surface area contributed by atoms with Crippen LogP contribution in [0, 0.1) is 0 Å². The second-order valence-corrected chi connectivity index (χ2v) is 8.66. The van der Waals surface area contributed by atoms with Crippen molar-refractivity contribution in [2.45, 2.75) is 38.9 Å². The van der Waals surface area contributed by atoms with Crippen LogP contribution in [0.3, 0.4) is 0 Å². The Kier molecular flexibility index (Phi) is 7.81. The van der Waals surface area contributed by atoms with Crippen LogP contribution in [-0.2, 0) is 0 Å². The van der Waals surface area contributed by atoms with Gasteiger partial charge < -0.3 is 24.6 Å². The fourth-order valence-electron chi connectivity index (χ4n) is 3.74. The first-order chi connectivity index (χ1) is 16.4. The zero-order valence-corrected chi connectivity index (χ0v) is 20.2. The number of aliphatic hydroxyl groups is 1. The Morgan fingerprint density at radius 3 is 2.71 bits per heavy atom. The van der Waals surface area contributed by atoms with Crippen LogP contribution in [-0.4, -0.2) is 75.5 Å². The number of aromatic nitrogens is 4. The summed E-state index contributed by atoms with van der Waals surface area (Å²) in [7, 11) is 1.51. The van der Waals surface area contributed by atoms with Crippen molar-refractivity contribution in [3.63, 3.8) is 0 Å². The minimum absolute atomic E-state index is 0.0773. The Balaban J connectivity index is 1.59. The van der Waals surface area contributed by atoms with Crippen LogP contribution in [0.2, 0.25) is 5.15 Å². The van der Waals surface area contributed by atoms with E-state index in [-0.39, 0.29) is 17.4 Å². The van der Waals surface area contributed by atoms with Crippen LogP contribution >= 0.6 is 11.6 Å². The second kappa shape index (κ2) is 11.0. The van der Waals surface area contributed by atoms with Gasteiger partial charge >= 0.3 is 0 Å². The van der Waals surface area contributed by atoms with E-state index in [1.807, 2.05) is 26.0 Å². The lowest BCUT2D eigenvalue weighted by Crippen LogP contribution is -2.38. The lowest BCUT2D eigenvalue weighted by molar-refractivity contribution is 0.0754. The normalized spacial score (nSPS) is 15.0. The highest BCUT2D eigenvalue weighted by atomic mass is 35.5. The van der Waals surface area contributed by atoms with E-state index in [0.29, 0.717) is 46.5 Å². The number of nitrogens with zero attached hydrogens (tertiary/aromatic N) is 5. The van der Waals surface area contributed by atoms with E-state index in [1.165, 1.54) is 19.6 Å². The van der Waals surface area contributed by atoms with Gasteiger partial charge in [-0.25, -0.2) is 15.0 Å². The molecule has 0 amide bonds. The molecule has 4 rings (SSSR count). The number of hydrogen-bond donors (Lipinski definition) is 2. The van der Waals surface area contributed by atoms with Crippen LogP contribution in [0.25, 0.3) is 10.9 Å². The van der Waals surface area contributed by atoms with Crippen molar-refractivity contribution in [1.29, 1.82) is 0 Å². The maximum Gasteiger partial charge on any atom is 0.234 e. The number of anilines is 2. The molecule has 1 aliphatic heterocycles. The average molecular weight is 489 g/mol. The first kappa shape index (κ1) is 24.2. The predicted octanol–water partition coefficient (Wildman–Crippen LogP) is 3.45. The van der Waals surface area contributed by atoms with E-state index in [1.54, 1.807) is 0 Å². The summed E-state index contributed by atoms with van der Waals surface area (Å²) >= 11 is 6.23. The number of piperidine rings is 1. The highest BCUT2D eigenvalue weighted by Gasteiger charge is 2.18. The van der Waals surface area contributed by atoms with Gasteiger partial charge in [0.05, 0.1) is 36.4 Å². The van der Waals surface area contributed by atoms with Crippen molar-refractivity contribution < 1.29 is 19.3 Å². The predicted molar refractivity (Wildman–Crippen MR) is 129 cm³/mol. The monoisotopic (exact) mass is 488 g/mol. The highest BCUT2D eigenvalue weighted by molar-refractivity contribution is 6.31. The molecule has 0 aliphatic carbocycles. The summed E-state index contributed by atoms with van der Waals surface area (Å²) in [6, 6.07) is 3.70. The zero-order valence-electron chi connectivity index (χ0n) is 19.5. The minimum Gasteiger partial charge on any atom is -0.492 e. The minimum atomic E-state index is -0.186. The number of fused-ring (bicyclic) bond motifs is 1. The Morgan fingerprint density at radius 2 is 1.97 bits per heavy atom. The molecule has 0 unspecified atom stereocenters. The summed E-state index contributed by atoms with van der Waals surface area (Å²) in [4.78, 5) is 19.5. The standard InChI is InChI=1S/C23H29ClN6O4/c1-14(2)34-18-11-16(33-9-8-30-6-4-15(31)5-7-30)10-17-20(18)22(27-13-26-17)29-23-21(24)25-12-19(28-23)32-3/h10-15,31H,4-9H2,1-3H3,(H,26,27,28,29). The van der Waals surface area contributed by atoms with Gasteiger partial charge in [0, 0.05) is 31.8 Å². The van der Waals surface area contributed by atoms with E-state index in [0.717, 1.165) is 32.5 Å². The first-order valence-electron chi connectivity index (χ1n) is 11.2. The molecular weight excluding hydrogens is 460 g/mol. The summed E-state index contributed by atoms with van der Waals surface area (Å²) in [5, 5.41) is 13.7. The molecule has 3 aromatic rings. The van der Waals surface area contributed by atoms with Crippen molar-refractivity contribution in [3.8, 4) is 17.4 Å². The Bertz CT molecular complexity index is 1120. The molecule has 1 aromatic carbocycles. The molecule has 1 aliphatic rings. The number of benzene rings is 1. The molecule has 1 saturated heterocycles. The number of hydrogen-bond acceptors (Lipinski definition) is 10. The summed E-state index contributed by atoms with van der Waals surface area (Å²) in [6.45, 7) is 6.96. The number of likely N-dealkylation sites (tertiary alicyclic amines) is 1. The third-order valence-electron chi connectivity index (χ3n) is 5.42. The molecule has 0 bridgehead atoms. The maximum atomic E-state index is 9.68. The van der Waals surface area contributed by atoms with Crippen molar-refractivity contribution in [2.75, 3.05) is 38.7 Å². The molecule has 0 spiro atoms. The van der Waals surface area contributed by atoms with E-state index in [4.69, 9.17) is 25.8 Å². The van der Waals surface area contributed by atoms with Gasteiger partial charge in [-0.05, 0) is 26.7 Å². The molecule has 0 radical (unpaired) electrons. The number of ether oxygens (including phenoxy) is 3. The van der Waals surface area contributed by atoms with Crippen LogP contribution in [0.15, 0.2) is 24.7 Å². The summed E-state index contributed by atoms with van der Waals surface area (Å²) < 4.78 is 17.3. The fourth-order valence-corrected chi connectivity index (χ4v) is 3.88. The van der Waals surface area contributed by atoms with Gasteiger partial charge in [-0.3, -0.25) is 4.90 Å². The molecule has 34 heavy (non-hydrogen) atoms. The second-order valence-electron chi connectivity index (χ2n) is 8.30. The Labute approximate surface area is 203 Å². The number of methoxy groups -OCH3 is 1.